The third-order valence-corrected chi connectivity index (χ3v) is 2.27. The number of allylic oxidation sites excluding steroid dienone is 1. The van der Waals surface area contributed by atoms with Crippen molar-refractivity contribution in [1.29, 1.82) is 0 Å². The lowest BCUT2D eigenvalue weighted by Crippen LogP contribution is -2.13. The van der Waals surface area contributed by atoms with E-state index in [1.165, 1.54) is 19.2 Å². The molecule has 1 aromatic rings. The Morgan fingerprint density at radius 1 is 1.42 bits per heavy atom. The van der Waals surface area contributed by atoms with Gasteiger partial charge in [-0.25, -0.2) is 0 Å². The second-order valence-corrected chi connectivity index (χ2v) is 4.13. The highest BCUT2D eigenvalue weighted by atomic mass is 35.5. The van der Waals surface area contributed by atoms with E-state index in [4.69, 9.17) is 22.1 Å². The van der Waals surface area contributed by atoms with Crippen LogP contribution in [-0.2, 0) is 6.18 Å². The van der Waals surface area contributed by atoms with Crippen LogP contribution in [0.5, 0.6) is 5.75 Å². The van der Waals surface area contributed by atoms with E-state index in [1.54, 1.807) is 6.92 Å². The smallest absolute Gasteiger partial charge is 0.420 e. The van der Waals surface area contributed by atoms with Gasteiger partial charge in [-0.05, 0) is 25.1 Å². The van der Waals surface area contributed by atoms with Crippen LogP contribution in [-0.4, -0.2) is 12.9 Å². The molecule has 0 bridgehead atoms. The number of alkyl halides is 3. The van der Waals surface area contributed by atoms with E-state index in [2.05, 4.69) is 4.99 Å². The van der Waals surface area contributed by atoms with Gasteiger partial charge in [-0.3, -0.25) is 4.99 Å². The van der Waals surface area contributed by atoms with Gasteiger partial charge in [0.05, 0.1) is 5.56 Å². The first kappa shape index (κ1) is 15.4. The van der Waals surface area contributed by atoms with Gasteiger partial charge in [0.2, 0.25) is 5.90 Å². The number of aliphatic imine (C=N–C) groups is 1. The highest BCUT2D eigenvalue weighted by molar-refractivity contribution is 6.30. The first-order chi connectivity index (χ1) is 8.74. The maximum Gasteiger partial charge on any atom is 0.420 e. The molecule has 0 spiro atoms. The van der Waals surface area contributed by atoms with Crippen LogP contribution in [0.3, 0.4) is 0 Å². The fourth-order valence-corrected chi connectivity index (χ4v) is 1.43. The molecule has 0 heterocycles. The molecule has 0 aliphatic heterocycles. The minimum atomic E-state index is -4.57. The number of nitrogens with two attached hydrogens (primary N) is 1. The summed E-state index contributed by atoms with van der Waals surface area (Å²) in [4.78, 5) is 3.71. The predicted octanol–water partition coefficient (Wildman–Crippen LogP) is 3.63. The summed E-state index contributed by atoms with van der Waals surface area (Å²) < 4.78 is 43.6. The van der Waals surface area contributed by atoms with E-state index in [1.807, 2.05) is 0 Å². The lowest BCUT2D eigenvalue weighted by Gasteiger charge is -2.13. The number of hydrogen-bond donors (Lipinski definition) is 1. The SMILES string of the molecule is C/N=C(\C=C(\C)N)Oc1ccc(Cl)cc1C(F)(F)F. The molecule has 1 rings (SSSR count). The van der Waals surface area contributed by atoms with E-state index in [0.717, 1.165) is 12.1 Å². The Kier molecular flexibility index (Phi) is 4.83. The summed E-state index contributed by atoms with van der Waals surface area (Å²) in [6.45, 7) is 1.57. The van der Waals surface area contributed by atoms with E-state index >= 15 is 0 Å². The quantitative estimate of drug-likeness (QED) is 0.668. The predicted molar refractivity (Wildman–Crippen MR) is 68.4 cm³/mol. The van der Waals surface area contributed by atoms with Gasteiger partial charge >= 0.3 is 6.18 Å². The minimum absolute atomic E-state index is 0.0205. The molecule has 19 heavy (non-hydrogen) atoms. The summed E-state index contributed by atoms with van der Waals surface area (Å²) in [5, 5.41) is -0.0276. The fraction of sp³-hybridized carbons (Fsp3) is 0.250. The number of hydrogen-bond acceptors (Lipinski definition) is 3. The van der Waals surface area contributed by atoms with Crippen molar-refractivity contribution >= 4 is 17.5 Å². The van der Waals surface area contributed by atoms with Crippen molar-refractivity contribution in [3.05, 3.63) is 40.6 Å². The number of rotatable bonds is 2. The Hall–Kier alpha value is -1.69. The Morgan fingerprint density at radius 3 is 2.53 bits per heavy atom. The van der Waals surface area contributed by atoms with Gasteiger partial charge < -0.3 is 10.5 Å². The summed E-state index contributed by atoms with van der Waals surface area (Å²) in [7, 11) is 1.39. The molecule has 0 saturated heterocycles. The van der Waals surface area contributed by atoms with Crippen LogP contribution in [0.1, 0.15) is 12.5 Å². The van der Waals surface area contributed by atoms with E-state index in [9.17, 15) is 13.2 Å². The Labute approximate surface area is 113 Å². The van der Waals surface area contributed by atoms with Crippen LogP contribution >= 0.6 is 11.6 Å². The second kappa shape index (κ2) is 5.97. The molecule has 0 atom stereocenters. The molecule has 0 radical (unpaired) electrons. The van der Waals surface area contributed by atoms with Gasteiger partial charge in [0, 0.05) is 23.8 Å². The summed E-state index contributed by atoms with van der Waals surface area (Å²) in [5.41, 5.74) is 4.82. The monoisotopic (exact) mass is 292 g/mol. The van der Waals surface area contributed by atoms with Crippen LogP contribution in [0.25, 0.3) is 0 Å². The second-order valence-electron chi connectivity index (χ2n) is 3.69. The van der Waals surface area contributed by atoms with Gasteiger partial charge in [-0.15, -0.1) is 0 Å². The lowest BCUT2D eigenvalue weighted by atomic mass is 10.2. The molecule has 0 aliphatic carbocycles. The third-order valence-electron chi connectivity index (χ3n) is 2.03. The maximum absolute atomic E-state index is 12.8. The average molecular weight is 293 g/mol. The van der Waals surface area contributed by atoms with E-state index in [-0.39, 0.29) is 16.7 Å². The average Bonchev–Trinajstić information content (AvgIpc) is 2.28. The summed E-state index contributed by atoms with van der Waals surface area (Å²) in [6, 6.07) is 3.23. The Balaban J connectivity index is 3.18. The molecule has 1 aromatic carbocycles. The van der Waals surface area contributed by atoms with Gasteiger partial charge in [0.15, 0.2) is 0 Å². The molecular formula is C12H12ClF3N2O. The number of nitrogens with zero attached hydrogens (tertiary/aromatic N) is 1. The highest BCUT2D eigenvalue weighted by Crippen LogP contribution is 2.37. The number of benzene rings is 1. The van der Waals surface area contributed by atoms with Crippen molar-refractivity contribution in [1.82, 2.24) is 0 Å². The third kappa shape index (κ3) is 4.48. The van der Waals surface area contributed by atoms with E-state index < -0.39 is 11.7 Å². The zero-order valence-corrected chi connectivity index (χ0v) is 11.0. The molecule has 0 unspecified atom stereocenters. The fourth-order valence-electron chi connectivity index (χ4n) is 1.26. The summed E-state index contributed by atoms with van der Waals surface area (Å²) in [6.07, 6.45) is -3.24. The van der Waals surface area contributed by atoms with Crippen molar-refractivity contribution in [2.75, 3.05) is 7.05 Å². The molecule has 7 heteroatoms. The molecule has 0 aliphatic rings. The summed E-state index contributed by atoms with van der Waals surface area (Å²) in [5.74, 6) is -0.400. The number of ether oxygens (including phenoxy) is 1. The molecule has 0 saturated carbocycles. The standard InChI is InChI=1S/C12H12ClF3N2O/c1-7(17)5-11(18-2)19-10-4-3-8(13)6-9(10)12(14,15)16/h3-6H,17H2,1-2H3/b7-5-,18-11+. The Morgan fingerprint density at radius 2 is 2.05 bits per heavy atom. The van der Waals surface area contributed by atoms with Gasteiger partial charge in [0.25, 0.3) is 0 Å². The topological polar surface area (TPSA) is 47.6 Å². The molecule has 0 fully saturated rings. The molecule has 2 N–H and O–H groups in total. The van der Waals surface area contributed by atoms with Crippen LogP contribution in [0.2, 0.25) is 5.02 Å². The Bertz CT molecular complexity index is 520. The highest BCUT2D eigenvalue weighted by Gasteiger charge is 2.35. The normalized spacial score (nSPS) is 13.6. The van der Waals surface area contributed by atoms with Crippen molar-refractivity contribution < 1.29 is 17.9 Å². The molecule has 3 nitrogen and oxygen atoms in total. The largest absolute Gasteiger partial charge is 0.439 e. The first-order valence-electron chi connectivity index (χ1n) is 5.19. The van der Waals surface area contributed by atoms with Crippen LogP contribution in [0, 0.1) is 0 Å². The van der Waals surface area contributed by atoms with Crippen molar-refractivity contribution in [3.63, 3.8) is 0 Å². The first-order valence-corrected chi connectivity index (χ1v) is 5.57. The van der Waals surface area contributed by atoms with Crippen LogP contribution in [0.4, 0.5) is 13.2 Å². The van der Waals surface area contributed by atoms with Crippen LogP contribution in [0.15, 0.2) is 35.0 Å². The zero-order chi connectivity index (χ0) is 14.6. The van der Waals surface area contributed by atoms with Gasteiger partial charge in [0.1, 0.15) is 5.75 Å². The van der Waals surface area contributed by atoms with E-state index in [0.29, 0.717) is 5.70 Å². The van der Waals surface area contributed by atoms with Crippen molar-refractivity contribution in [2.24, 2.45) is 10.7 Å². The molecule has 104 valence electrons. The van der Waals surface area contributed by atoms with Crippen LogP contribution < -0.4 is 10.5 Å². The molecular weight excluding hydrogens is 281 g/mol. The van der Waals surface area contributed by atoms with Gasteiger partial charge in [-0.1, -0.05) is 11.6 Å². The molecule has 0 amide bonds. The zero-order valence-electron chi connectivity index (χ0n) is 10.3. The molecule has 0 aromatic heterocycles. The van der Waals surface area contributed by atoms with Crippen molar-refractivity contribution in [3.8, 4) is 5.75 Å². The minimum Gasteiger partial charge on any atom is -0.439 e. The summed E-state index contributed by atoms with van der Waals surface area (Å²) >= 11 is 5.56. The number of halogens is 4. The lowest BCUT2D eigenvalue weighted by molar-refractivity contribution is -0.138. The van der Waals surface area contributed by atoms with Gasteiger partial charge in [-0.2, -0.15) is 13.2 Å². The van der Waals surface area contributed by atoms with Crippen molar-refractivity contribution in [2.45, 2.75) is 13.1 Å². The maximum atomic E-state index is 12.8.